The lowest BCUT2D eigenvalue weighted by atomic mass is 10.2. The van der Waals surface area contributed by atoms with E-state index in [4.69, 9.17) is 14.2 Å². The molecule has 2 aromatic rings. The first kappa shape index (κ1) is 20.9. The van der Waals surface area contributed by atoms with E-state index in [0.29, 0.717) is 30.9 Å². The summed E-state index contributed by atoms with van der Waals surface area (Å²) in [6.45, 7) is 3.49. The molecule has 1 aliphatic heterocycles. The van der Waals surface area contributed by atoms with E-state index in [0.717, 1.165) is 25.0 Å². The third-order valence-corrected chi connectivity index (χ3v) is 4.77. The van der Waals surface area contributed by atoms with Crippen LogP contribution in [0.4, 0.5) is 0 Å². The molecule has 1 saturated heterocycles. The fraction of sp³-hybridized carbons (Fsp3) is 0.391. The minimum atomic E-state index is -0.832. The highest BCUT2D eigenvalue weighted by Gasteiger charge is 2.22. The van der Waals surface area contributed by atoms with Crippen LogP contribution in [-0.4, -0.2) is 37.3 Å². The Morgan fingerprint density at radius 2 is 1.90 bits per heavy atom. The predicted octanol–water partition coefficient (Wildman–Crippen LogP) is 3.50. The van der Waals surface area contributed by atoms with Gasteiger partial charge in [0.25, 0.3) is 5.91 Å². The van der Waals surface area contributed by atoms with E-state index in [2.05, 4.69) is 5.32 Å². The van der Waals surface area contributed by atoms with Crippen LogP contribution < -0.4 is 10.1 Å². The number of rotatable bonds is 9. The number of nitrogens with one attached hydrogen (secondary N) is 1. The number of hydrogen-bond donors (Lipinski definition) is 1. The quantitative estimate of drug-likeness (QED) is 0.656. The number of carbonyl (C=O) groups is 2. The lowest BCUT2D eigenvalue weighted by Gasteiger charge is -2.16. The number of esters is 1. The molecule has 1 amide bonds. The van der Waals surface area contributed by atoms with E-state index in [1.807, 2.05) is 37.3 Å². The smallest absolute Gasteiger partial charge is 0.338 e. The first-order valence-corrected chi connectivity index (χ1v) is 10.0. The van der Waals surface area contributed by atoms with Crippen molar-refractivity contribution in [3.8, 4) is 5.75 Å². The SMILES string of the molecule is CCC(OC(=O)c1ccc(OCC2CCCO2)cc1)C(=O)NCc1ccccc1. The van der Waals surface area contributed by atoms with Gasteiger partial charge in [-0.2, -0.15) is 0 Å². The molecule has 0 spiro atoms. The van der Waals surface area contributed by atoms with Gasteiger partial charge in [0.1, 0.15) is 12.4 Å². The maximum absolute atomic E-state index is 12.4. The summed E-state index contributed by atoms with van der Waals surface area (Å²) in [5.74, 6) is -0.164. The molecule has 1 N–H and O–H groups in total. The van der Waals surface area contributed by atoms with Crippen molar-refractivity contribution in [2.24, 2.45) is 0 Å². The summed E-state index contributed by atoms with van der Waals surface area (Å²) in [4.78, 5) is 24.8. The number of benzene rings is 2. The highest BCUT2D eigenvalue weighted by molar-refractivity contribution is 5.92. The zero-order valence-corrected chi connectivity index (χ0v) is 16.6. The molecule has 0 radical (unpaired) electrons. The molecule has 6 nitrogen and oxygen atoms in total. The molecular weight excluding hydrogens is 370 g/mol. The normalized spacial score (nSPS) is 16.8. The van der Waals surface area contributed by atoms with Crippen LogP contribution in [0.25, 0.3) is 0 Å². The Morgan fingerprint density at radius 3 is 2.55 bits per heavy atom. The molecule has 2 unspecified atom stereocenters. The van der Waals surface area contributed by atoms with Crippen LogP contribution in [0.5, 0.6) is 5.75 Å². The molecule has 1 heterocycles. The third kappa shape index (κ3) is 6.32. The third-order valence-electron chi connectivity index (χ3n) is 4.77. The average molecular weight is 397 g/mol. The summed E-state index contributed by atoms with van der Waals surface area (Å²) in [5.41, 5.74) is 1.37. The summed E-state index contributed by atoms with van der Waals surface area (Å²) in [7, 11) is 0. The van der Waals surface area contributed by atoms with E-state index in [-0.39, 0.29) is 12.0 Å². The Kier molecular flexibility index (Phi) is 7.64. The van der Waals surface area contributed by atoms with E-state index in [1.54, 1.807) is 24.3 Å². The lowest BCUT2D eigenvalue weighted by Crippen LogP contribution is -2.37. The zero-order valence-electron chi connectivity index (χ0n) is 16.6. The molecule has 0 saturated carbocycles. The summed E-state index contributed by atoms with van der Waals surface area (Å²) in [6, 6.07) is 16.3. The van der Waals surface area contributed by atoms with Crippen LogP contribution >= 0.6 is 0 Å². The Morgan fingerprint density at radius 1 is 1.14 bits per heavy atom. The highest BCUT2D eigenvalue weighted by atomic mass is 16.5. The van der Waals surface area contributed by atoms with Crippen molar-refractivity contribution >= 4 is 11.9 Å². The van der Waals surface area contributed by atoms with Crippen LogP contribution in [0.3, 0.4) is 0 Å². The summed E-state index contributed by atoms with van der Waals surface area (Å²) in [6.07, 6.45) is 1.78. The summed E-state index contributed by atoms with van der Waals surface area (Å²) < 4.78 is 16.6. The van der Waals surface area contributed by atoms with Gasteiger partial charge >= 0.3 is 5.97 Å². The maximum atomic E-state index is 12.4. The Bertz CT molecular complexity index is 785. The molecule has 0 bridgehead atoms. The van der Waals surface area contributed by atoms with Crippen molar-refractivity contribution < 1.29 is 23.8 Å². The first-order valence-electron chi connectivity index (χ1n) is 10.0. The summed E-state index contributed by atoms with van der Waals surface area (Å²) >= 11 is 0. The van der Waals surface area contributed by atoms with Crippen molar-refractivity contribution in [1.82, 2.24) is 5.32 Å². The first-order chi connectivity index (χ1) is 14.2. The van der Waals surface area contributed by atoms with Gasteiger partial charge in [-0.15, -0.1) is 0 Å². The molecule has 154 valence electrons. The Hall–Kier alpha value is -2.86. The molecule has 1 aliphatic rings. The minimum absolute atomic E-state index is 0.138. The van der Waals surface area contributed by atoms with Crippen LogP contribution in [0, 0.1) is 0 Å². The molecule has 0 aromatic heterocycles. The maximum Gasteiger partial charge on any atom is 0.338 e. The van der Waals surface area contributed by atoms with Crippen molar-refractivity contribution in [1.29, 1.82) is 0 Å². The van der Waals surface area contributed by atoms with Crippen molar-refractivity contribution in [2.75, 3.05) is 13.2 Å². The van der Waals surface area contributed by atoms with Gasteiger partial charge in [-0.3, -0.25) is 4.79 Å². The average Bonchev–Trinajstić information content (AvgIpc) is 3.29. The monoisotopic (exact) mass is 397 g/mol. The van der Waals surface area contributed by atoms with Crippen LogP contribution in [0.1, 0.15) is 42.1 Å². The molecule has 29 heavy (non-hydrogen) atoms. The van der Waals surface area contributed by atoms with E-state index in [1.165, 1.54) is 0 Å². The highest BCUT2D eigenvalue weighted by Crippen LogP contribution is 2.17. The van der Waals surface area contributed by atoms with Gasteiger partial charge in [-0.25, -0.2) is 4.79 Å². The van der Waals surface area contributed by atoms with Gasteiger partial charge in [-0.1, -0.05) is 37.3 Å². The molecule has 2 aromatic carbocycles. The number of carbonyl (C=O) groups excluding carboxylic acids is 2. The lowest BCUT2D eigenvalue weighted by molar-refractivity contribution is -0.130. The van der Waals surface area contributed by atoms with Gasteiger partial charge in [0.05, 0.1) is 11.7 Å². The van der Waals surface area contributed by atoms with Gasteiger partial charge in [0.15, 0.2) is 6.10 Å². The molecule has 0 aliphatic carbocycles. The van der Waals surface area contributed by atoms with Crippen LogP contribution in [0.2, 0.25) is 0 Å². The van der Waals surface area contributed by atoms with Crippen molar-refractivity contribution in [3.63, 3.8) is 0 Å². The van der Waals surface area contributed by atoms with Crippen molar-refractivity contribution in [2.45, 2.75) is 44.9 Å². The van der Waals surface area contributed by atoms with Gasteiger partial charge in [0.2, 0.25) is 0 Å². The molecule has 1 fully saturated rings. The topological polar surface area (TPSA) is 73.9 Å². The van der Waals surface area contributed by atoms with E-state index >= 15 is 0 Å². The molecule has 3 rings (SSSR count). The van der Waals surface area contributed by atoms with Gasteiger partial charge in [-0.05, 0) is 49.1 Å². The van der Waals surface area contributed by atoms with E-state index in [9.17, 15) is 9.59 Å². The van der Waals surface area contributed by atoms with Crippen molar-refractivity contribution in [3.05, 3.63) is 65.7 Å². The number of ether oxygens (including phenoxy) is 3. The fourth-order valence-corrected chi connectivity index (χ4v) is 3.07. The standard InChI is InChI=1S/C23H27NO5/c1-2-21(22(25)24-15-17-7-4-3-5-8-17)29-23(26)18-10-12-19(13-11-18)28-16-20-9-6-14-27-20/h3-5,7-8,10-13,20-21H,2,6,9,14-16H2,1H3,(H,24,25). The van der Waals surface area contributed by atoms with E-state index < -0.39 is 12.1 Å². The number of amides is 1. The Balaban J connectivity index is 1.48. The zero-order chi connectivity index (χ0) is 20.5. The fourth-order valence-electron chi connectivity index (χ4n) is 3.07. The predicted molar refractivity (Wildman–Crippen MR) is 109 cm³/mol. The largest absolute Gasteiger partial charge is 0.491 e. The van der Waals surface area contributed by atoms with Crippen LogP contribution in [-0.2, 0) is 20.8 Å². The van der Waals surface area contributed by atoms with Gasteiger partial charge in [0, 0.05) is 13.2 Å². The molecule has 2 atom stereocenters. The molecule has 6 heteroatoms. The Labute approximate surface area is 171 Å². The second-order valence-electron chi connectivity index (χ2n) is 6.98. The van der Waals surface area contributed by atoms with Crippen LogP contribution in [0.15, 0.2) is 54.6 Å². The summed E-state index contributed by atoms with van der Waals surface area (Å²) in [5, 5.41) is 2.81. The minimum Gasteiger partial charge on any atom is -0.491 e. The molecular formula is C23H27NO5. The second-order valence-corrected chi connectivity index (χ2v) is 6.98. The van der Waals surface area contributed by atoms with Gasteiger partial charge < -0.3 is 19.5 Å². The second kappa shape index (κ2) is 10.6. The number of hydrogen-bond acceptors (Lipinski definition) is 5.